The summed E-state index contributed by atoms with van der Waals surface area (Å²) in [6.45, 7) is -3.03. The number of aliphatic hydroxyl groups is 1. The second kappa shape index (κ2) is 8.61. The standard InChI is InChI=1S/C23H19F2N3O3/c1-28-21(13-29)20(12-27-28)15-2-3-16-11-26-18(9-17(16)8-15)10-22(30)14-4-6-19(7-5-14)31-23(24)25/h2-9,11-12,23,29H,10,13H2,1H3. The number of aryl methyl sites for hydroxylation is 1. The number of aromatic nitrogens is 3. The molecule has 0 atom stereocenters. The van der Waals surface area contributed by atoms with Gasteiger partial charge in [0.15, 0.2) is 5.78 Å². The number of carbonyl (C=O) groups is 1. The number of nitrogens with zero attached hydrogens (tertiary/aromatic N) is 3. The lowest BCUT2D eigenvalue weighted by molar-refractivity contribution is -0.0498. The molecule has 6 nitrogen and oxygen atoms in total. The Labute approximate surface area is 176 Å². The second-order valence-corrected chi connectivity index (χ2v) is 7.03. The number of alkyl halides is 2. The second-order valence-electron chi connectivity index (χ2n) is 7.03. The molecule has 0 aliphatic heterocycles. The first-order chi connectivity index (χ1) is 14.9. The topological polar surface area (TPSA) is 77.2 Å². The fraction of sp³-hybridized carbons (Fsp3) is 0.174. The molecule has 0 bridgehead atoms. The first-order valence-corrected chi connectivity index (χ1v) is 9.53. The quantitative estimate of drug-likeness (QED) is 0.452. The Bertz CT molecular complexity index is 1240. The van der Waals surface area contributed by atoms with Crippen molar-refractivity contribution in [1.82, 2.24) is 14.8 Å². The van der Waals surface area contributed by atoms with Crippen molar-refractivity contribution in [1.29, 1.82) is 0 Å². The summed E-state index contributed by atoms with van der Waals surface area (Å²) >= 11 is 0. The number of hydrogen-bond donors (Lipinski definition) is 1. The van der Waals surface area contributed by atoms with Crippen molar-refractivity contribution in [2.45, 2.75) is 19.6 Å². The van der Waals surface area contributed by atoms with Crippen molar-refractivity contribution < 1.29 is 23.4 Å². The minimum atomic E-state index is -2.91. The molecule has 0 aliphatic rings. The van der Waals surface area contributed by atoms with Crippen LogP contribution in [0.25, 0.3) is 21.9 Å². The van der Waals surface area contributed by atoms with E-state index in [2.05, 4.69) is 14.8 Å². The number of benzene rings is 2. The summed E-state index contributed by atoms with van der Waals surface area (Å²) in [7, 11) is 1.77. The van der Waals surface area contributed by atoms with Gasteiger partial charge in [-0.05, 0) is 47.3 Å². The number of ketones is 1. The molecule has 2 aromatic carbocycles. The summed E-state index contributed by atoms with van der Waals surface area (Å²) in [4.78, 5) is 17.0. The molecule has 8 heteroatoms. The fourth-order valence-electron chi connectivity index (χ4n) is 3.43. The molecule has 0 unspecified atom stereocenters. The van der Waals surface area contributed by atoms with Crippen LogP contribution in [0, 0.1) is 0 Å². The third-order valence-corrected chi connectivity index (χ3v) is 5.04. The first kappa shape index (κ1) is 20.6. The highest BCUT2D eigenvalue weighted by Gasteiger charge is 2.13. The first-order valence-electron chi connectivity index (χ1n) is 9.53. The lowest BCUT2D eigenvalue weighted by atomic mass is 10.0. The molecule has 0 aliphatic carbocycles. The van der Waals surface area contributed by atoms with Crippen molar-refractivity contribution in [3.05, 3.63) is 77.9 Å². The van der Waals surface area contributed by atoms with Crippen LogP contribution in [-0.4, -0.2) is 32.3 Å². The van der Waals surface area contributed by atoms with Crippen LogP contribution in [0.1, 0.15) is 21.7 Å². The van der Waals surface area contributed by atoms with Gasteiger partial charge in [-0.1, -0.05) is 12.1 Å². The van der Waals surface area contributed by atoms with E-state index in [4.69, 9.17) is 0 Å². The lowest BCUT2D eigenvalue weighted by Crippen LogP contribution is -2.06. The molecule has 2 heterocycles. The van der Waals surface area contributed by atoms with E-state index in [1.54, 1.807) is 24.1 Å². The summed E-state index contributed by atoms with van der Waals surface area (Å²) in [6, 6.07) is 13.3. The van der Waals surface area contributed by atoms with E-state index >= 15 is 0 Å². The van der Waals surface area contributed by atoms with E-state index in [9.17, 15) is 18.7 Å². The van der Waals surface area contributed by atoms with Gasteiger partial charge in [-0.2, -0.15) is 13.9 Å². The van der Waals surface area contributed by atoms with Crippen LogP contribution in [0.2, 0.25) is 0 Å². The highest BCUT2D eigenvalue weighted by molar-refractivity contribution is 5.98. The zero-order valence-corrected chi connectivity index (χ0v) is 16.6. The van der Waals surface area contributed by atoms with Crippen molar-refractivity contribution in [3.8, 4) is 16.9 Å². The van der Waals surface area contributed by atoms with Crippen LogP contribution in [0.3, 0.4) is 0 Å². The zero-order chi connectivity index (χ0) is 22.0. The van der Waals surface area contributed by atoms with Crippen LogP contribution < -0.4 is 4.74 Å². The maximum absolute atomic E-state index is 12.6. The smallest absolute Gasteiger partial charge is 0.387 e. The average molecular weight is 423 g/mol. The van der Waals surface area contributed by atoms with Gasteiger partial charge in [0.05, 0.1) is 24.9 Å². The molecule has 0 saturated carbocycles. The van der Waals surface area contributed by atoms with Crippen molar-refractivity contribution in [2.24, 2.45) is 7.05 Å². The van der Waals surface area contributed by atoms with E-state index in [0.29, 0.717) is 17.0 Å². The molecule has 1 N–H and O–H groups in total. The molecule has 2 aromatic heterocycles. The van der Waals surface area contributed by atoms with E-state index in [1.807, 2.05) is 24.3 Å². The van der Waals surface area contributed by atoms with E-state index in [1.165, 1.54) is 24.3 Å². The van der Waals surface area contributed by atoms with Gasteiger partial charge in [-0.25, -0.2) is 0 Å². The number of pyridine rings is 1. The van der Waals surface area contributed by atoms with E-state index in [-0.39, 0.29) is 24.6 Å². The van der Waals surface area contributed by atoms with Gasteiger partial charge < -0.3 is 9.84 Å². The average Bonchev–Trinajstić information content (AvgIpc) is 3.13. The number of aliphatic hydroxyl groups excluding tert-OH is 1. The molecule has 0 saturated heterocycles. The van der Waals surface area contributed by atoms with Crippen molar-refractivity contribution in [2.75, 3.05) is 0 Å². The molecule has 4 aromatic rings. The summed E-state index contributed by atoms with van der Waals surface area (Å²) < 4.78 is 30.5. The molecule has 4 rings (SSSR count). The SMILES string of the molecule is Cn1ncc(-c2ccc3cnc(CC(=O)c4ccc(OC(F)F)cc4)cc3c2)c1CO. The largest absolute Gasteiger partial charge is 0.435 e. The summed E-state index contributed by atoms with van der Waals surface area (Å²) in [5, 5.41) is 15.7. The lowest BCUT2D eigenvalue weighted by Gasteiger charge is -2.07. The van der Waals surface area contributed by atoms with Gasteiger partial charge in [0, 0.05) is 35.5 Å². The monoisotopic (exact) mass is 423 g/mol. The third kappa shape index (κ3) is 4.44. The highest BCUT2D eigenvalue weighted by atomic mass is 19.3. The van der Waals surface area contributed by atoms with Gasteiger partial charge in [0.2, 0.25) is 0 Å². The zero-order valence-electron chi connectivity index (χ0n) is 16.6. The molecular weight excluding hydrogens is 404 g/mol. The van der Waals surface area contributed by atoms with Gasteiger partial charge >= 0.3 is 6.61 Å². The molecule has 0 amide bonds. The summed E-state index contributed by atoms with van der Waals surface area (Å²) in [5.41, 5.74) is 3.44. The van der Waals surface area contributed by atoms with Crippen molar-refractivity contribution in [3.63, 3.8) is 0 Å². The summed E-state index contributed by atoms with van der Waals surface area (Å²) in [5.74, 6) is -0.179. The molecular formula is C23H19F2N3O3. The van der Waals surface area contributed by atoms with Crippen molar-refractivity contribution >= 4 is 16.6 Å². The number of ether oxygens (including phenoxy) is 1. The molecule has 158 valence electrons. The van der Waals surface area contributed by atoms with E-state index in [0.717, 1.165) is 21.9 Å². The predicted molar refractivity (Wildman–Crippen MR) is 111 cm³/mol. The normalized spacial score (nSPS) is 11.3. The van der Waals surface area contributed by atoms with Crippen LogP contribution in [0.4, 0.5) is 8.78 Å². The Morgan fingerprint density at radius 1 is 1.10 bits per heavy atom. The number of hydrogen-bond acceptors (Lipinski definition) is 5. The van der Waals surface area contributed by atoms with Crippen LogP contribution in [0.15, 0.2) is 60.9 Å². The molecule has 0 radical (unpaired) electrons. The fourth-order valence-corrected chi connectivity index (χ4v) is 3.43. The number of fused-ring (bicyclic) bond motifs is 1. The number of halogens is 2. The van der Waals surface area contributed by atoms with Gasteiger partial charge in [0.25, 0.3) is 0 Å². The summed E-state index contributed by atoms with van der Waals surface area (Å²) in [6.07, 6.45) is 3.49. The predicted octanol–water partition coefficient (Wildman–Crippen LogP) is 4.15. The van der Waals surface area contributed by atoms with Gasteiger partial charge in [-0.3, -0.25) is 14.5 Å². The Morgan fingerprint density at radius 3 is 2.58 bits per heavy atom. The number of rotatable bonds is 7. The Hall–Kier alpha value is -3.65. The van der Waals surface area contributed by atoms with Gasteiger partial charge in [0.1, 0.15) is 5.75 Å². The molecule has 31 heavy (non-hydrogen) atoms. The maximum atomic E-state index is 12.6. The molecule has 0 fully saturated rings. The maximum Gasteiger partial charge on any atom is 0.387 e. The Morgan fingerprint density at radius 2 is 1.87 bits per heavy atom. The number of carbonyl (C=O) groups excluding carboxylic acids is 1. The number of Topliss-reactive ketones (excluding diaryl/α,β-unsaturated/α-hetero) is 1. The highest BCUT2D eigenvalue weighted by Crippen LogP contribution is 2.27. The minimum Gasteiger partial charge on any atom is -0.435 e. The Kier molecular flexibility index (Phi) is 5.73. The minimum absolute atomic E-state index is 0.000518. The van der Waals surface area contributed by atoms with Crippen LogP contribution in [0.5, 0.6) is 5.75 Å². The van der Waals surface area contributed by atoms with Crippen LogP contribution in [-0.2, 0) is 20.1 Å². The van der Waals surface area contributed by atoms with Crippen LogP contribution >= 0.6 is 0 Å². The molecule has 0 spiro atoms. The third-order valence-electron chi connectivity index (χ3n) is 5.04. The van der Waals surface area contributed by atoms with Gasteiger partial charge in [-0.15, -0.1) is 0 Å². The Balaban J connectivity index is 1.57. The van der Waals surface area contributed by atoms with E-state index < -0.39 is 6.61 Å².